The van der Waals surface area contributed by atoms with Crippen LogP contribution in [0.2, 0.25) is 0 Å². The lowest BCUT2D eigenvalue weighted by molar-refractivity contribution is -0.115. The van der Waals surface area contributed by atoms with Gasteiger partial charge >= 0.3 is 0 Å². The zero-order valence-electron chi connectivity index (χ0n) is 8.06. The Labute approximate surface area is 93.3 Å². The fourth-order valence-corrected chi connectivity index (χ4v) is 1.32. The molecule has 0 saturated carbocycles. The molecule has 0 spiro atoms. The van der Waals surface area contributed by atoms with E-state index in [1.54, 1.807) is 24.3 Å². The second kappa shape index (κ2) is 5.41. The molecule has 1 aromatic rings. The molecule has 4 nitrogen and oxygen atoms in total. The molecule has 80 valence electrons. The summed E-state index contributed by atoms with van der Waals surface area (Å²) in [6.45, 7) is 0. The molecule has 1 aromatic carbocycles. The van der Waals surface area contributed by atoms with Gasteiger partial charge in [-0.15, -0.1) is 0 Å². The fourth-order valence-electron chi connectivity index (χ4n) is 1.12. The maximum absolute atomic E-state index is 11.3. The van der Waals surface area contributed by atoms with Crippen molar-refractivity contribution >= 4 is 30.1 Å². The molecular formula is C10H12N2O2S. The molecule has 0 aliphatic heterocycles. The van der Waals surface area contributed by atoms with E-state index < -0.39 is 5.91 Å². The smallest absolute Gasteiger partial charge is 0.250 e. The lowest BCUT2D eigenvalue weighted by Crippen LogP contribution is -2.18. The molecule has 3 N–H and O–H groups in total. The van der Waals surface area contributed by atoms with E-state index in [0.717, 1.165) is 0 Å². The summed E-state index contributed by atoms with van der Waals surface area (Å²) in [5.74, 6) is -0.277. The molecule has 0 atom stereocenters. The normalized spacial score (nSPS) is 9.67. The number of rotatable bonds is 4. The summed E-state index contributed by atoms with van der Waals surface area (Å²) < 4.78 is 0. The van der Waals surface area contributed by atoms with Crippen LogP contribution in [0.25, 0.3) is 0 Å². The number of carbonyl (C=O) groups excluding carboxylic acids is 2. The van der Waals surface area contributed by atoms with Crippen LogP contribution >= 0.6 is 12.6 Å². The first-order valence-electron chi connectivity index (χ1n) is 4.44. The molecular weight excluding hydrogens is 212 g/mol. The Kier molecular flexibility index (Phi) is 4.17. The number of nitrogens with one attached hydrogen (secondary N) is 1. The van der Waals surface area contributed by atoms with Crippen LogP contribution < -0.4 is 11.1 Å². The third kappa shape index (κ3) is 3.28. The molecule has 0 radical (unpaired) electrons. The summed E-state index contributed by atoms with van der Waals surface area (Å²) in [5.41, 5.74) is 5.91. The van der Waals surface area contributed by atoms with Crippen molar-refractivity contribution in [1.82, 2.24) is 0 Å². The maximum Gasteiger partial charge on any atom is 0.250 e. The van der Waals surface area contributed by atoms with Gasteiger partial charge in [-0.25, -0.2) is 0 Å². The molecule has 0 aliphatic rings. The monoisotopic (exact) mass is 224 g/mol. The minimum Gasteiger partial charge on any atom is -0.366 e. The van der Waals surface area contributed by atoms with E-state index in [-0.39, 0.29) is 5.91 Å². The summed E-state index contributed by atoms with van der Waals surface area (Å²) >= 11 is 3.94. The van der Waals surface area contributed by atoms with E-state index in [0.29, 0.717) is 23.4 Å². The third-order valence-corrected chi connectivity index (χ3v) is 2.03. The highest BCUT2D eigenvalue weighted by molar-refractivity contribution is 7.80. The average Bonchev–Trinajstić information content (AvgIpc) is 2.18. The van der Waals surface area contributed by atoms with Crippen molar-refractivity contribution < 1.29 is 9.59 Å². The minimum absolute atomic E-state index is 0.182. The molecule has 0 unspecified atom stereocenters. The van der Waals surface area contributed by atoms with Gasteiger partial charge in [-0.05, 0) is 17.9 Å². The Hall–Kier alpha value is -1.49. The van der Waals surface area contributed by atoms with Gasteiger partial charge in [-0.3, -0.25) is 9.59 Å². The molecule has 0 bridgehead atoms. The number of nitrogens with two attached hydrogens (primary N) is 1. The Bertz CT molecular complexity index is 379. The SMILES string of the molecule is NC(=O)c1ccccc1NC(=O)CCS. The van der Waals surface area contributed by atoms with Crippen molar-refractivity contribution in [2.24, 2.45) is 5.73 Å². The maximum atomic E-state index is 11.3. The number of benzene rings is 1. The number of primary amides is 1. The van der Waals surface area contributed by atoms with E-state index >= 15 is 0 Å². The summed E-state index contributed by atoms with van der Waals surface area (Å²) in [7, 11) is 0. The lowest BCUT2D eigenvalue weighted by Gasteiger charge is -2.07. The first-order valence-corrected chi connectivity index (χ1v) is 5.08. The van der Waals surface area contributed by atoms with Gasteiger partial charge in [0.25, 0.3) is 5.91 Å². The van der Waals surface area contributed by atoms with Crippen molar-refractivity contribution in [3.05, 3.63) is 29.8 Å². The Morgan fingerprint density at radius 1 is 1.33 bits per heavy atom. The van der Waals surface area contributed by atoms with Crippen LogP contribution in [0.1, 0.15) is 16.8 Å². The molecule has 15 heavy (non-hydrogen) atoms. The van der Waals surface area contributed by atoms with Gasteiger partial charge in [0.15, 0.2) is 0 Å². The zero-order valence-corrected chi connectivity index (χ0v) is 8.96. The second-order valence-corrected chi connectivity index (χ2v) is 3.38. The highest BCUT2D eigenvalue weighted by atomic mass is 32.1. The van der Waals surface area contributed by atoms with Crippen molar-refractivity contribution in [3.8, 4) is 0 Å². The number of carbonyl (C=O) groups is 2. The van der Waals surface area contributed by atoms with Crippen LogP contribution in [-0.4, -0.2) is 17.6 Å². The molecule has 0 saturated heterocycles. The quantitative estimate of drug-likeness (QED) is 0.669. The van der Waals surface area contributed by atoms with Crippen molar-refractivity contribution in [2.45, 2.75) is 6.42 Å². The van der Waals surface area contributed by atoms with Gasteiger partial charge in [0, 0.05) is 6.42 Å². The number of amides is 2. The number of thiol groups is 1. The molecule has 0 aromatic heterocycles. The highest BCUT2D eigenvalue weighted by Gasteiger charge is 2.09. The van der Waals surface area contributed by atoms with E-state index in [1.807, 2.05) is 0 Å². The highest BCUT2D eigenvalue weighted by Crippen LogP contribution is 2.14. The van der Waals surface area contributed by atoms with E-state index in [9.17, 15) is 9.59 Å². The van der Waals surface area contributed by atoms with Gasteiger partial charge in [-0.2, -0.15) is 12.6 Å². The van der Waals surface area contributed by atoms with E-state index in [1.165, 1.54) is 0 Å². The summed E-state index contributed by atoms with van der Waals surface area (Å²) in [6, 6.07) is 6.62. The Morgan fingerprint density at radius 2 is 2.00 bits per heavy atom. The van der Waals surface area contributed by atoms with E-state index in [4.69, 9.17) is 5.73 Å². The largest absolute Gasteiger partial charge is 0.366 e. The Morgan fingerprint density at radius 3 is 2.60 bits per heavy atom. The average molecular weight is 224 g/mol. The van der Waals surface area contributed by atoms with Crippen molar-refractivity contribution in [1.29, 1.82) is 0 Å². The summed E-state index contributed by atoms with van der Waals surface area (Å²) in [4.78, 5) is 22.3. The van der Waals surface area contributed by atoms with Gasteiger partial charge in [0.05, 0.1) is 11.3 Å². The number of anilines is 1. The van der Waals surface area contributed by atoms with Crippen molar-refractivity contribution in [3.63, 3.8) is 0 Å². The lowest BCUT2D eigenvalue weighted by atomic mass is 10.1. The Balaban J connectivity index is 2.84. The molecule has 0 heterocycles. The zero-order chi connectivity index (χ0) is 11.3. The number of para-hydroxylation sites is 1. The van der Waals surface area contributed by atoms with Crippen LogP contribution in [-0.2, 0) is 4.79 Å². The minimum atomic E-state index is -0.559. The first-order chi connectivity index (χ1) is 7.15. The predicted molar refractivity (Wildman–Crippen MR) is 62.1 cm³/mol. The molecule has 0 aliphatic carbocycles. The predicted octanol–water partition coefficient (Wildman–Crippen LogP) is 1.04. The summed E-state index contributed by atoms with van der Waals surface area (Å²) in [6.07, 6.45) is 0.302. The van der Waals surface area contributed by atoms with Crippen LogP contribution in [0.4, 0.5) is 5.69 Å². The number of hydrogen-bond donors (Lipinski definition) is 3. The molecule has 2 amide bonds. The second-order valence-electron chi connectivity index (χ2n) is 2.93. The van der Waals surface area contributed by atoms with Crippen LogP contribution in [0.15, 0.2) is 24.3 Å². The molecule has 5 heteroatoms. The van der Waals surface area contributed by atoms with Crippen LogP contribution in [0, 0.1) is 0 Å². The topological polar surface area (TPSA) is 72.2 Å². The molecule has 1 rings (SSSR count). The first kappa shape index (κ1) is 11.6. The van der Waals surface area contributed by atoms with Gasteiger partial charge in [0.2, 0.25) is 5.91 Å². The van der Waals surface area contributed by atoms with Gasteiger partial charge < -0.3 is 11.1 Å². The molecule has 0 fully saturated rings. The third-order valence-electron chi connectivity index (χ3n) is 1.81. The van der Waals surface area contributed by atoms with Crippen LogP contribution in [0.3, 0.4) is 0 Å². The fraction of sp³-hybridized carbons (Fsp3) is 0.200. The van der Waals surface area contributed by atoms with Crippen LogP contribution in [0.5, 0.6) is 0 Å². The van der Waals surface area contributed by atoms with Gasteiger partial charge in [-0.1, -0.05) is 12.1 Å². The van der Waals surface area contributed by atoms with Gasteiger partial charge in [0.1, 0.15) is 0 Å². The number of hydrogen-bond acceptors (Lipinski definition) is 3. The van der Waals surface area contributed by atoms with Crippen molar-refractivity contribution in [2.75, 3.05) is 11.1 Å². The summed E-state index contributed by atoms with van der Waals surface area (Å²) in [5, 5.41) is 2.60. The standard InChI is InChI=1S/C10H12N2O2S/c11-10(14)7-3-1-2-4-8(7)12-9(13)5-6-15/h1-4,15H,5-6H2,(H2,11,14)(H,12,13). The van der Waals surface area contributed by atoms with E-state index in [2.05, 4.69) is 17.9 Å².